The number of hydrogen-bond acceptors (Lipinski definition) is 4. The molecule has 0 aromatic rings. The second-order valence-electron chi connectivity index (χ2n) is 5.46. The van der Waals surface area contributed by atoms with E-state index in [4.69, 9.17) is 9.94 Å². The summed E-state index contributed by atoms with van der Waals surface area (Å²) in [6.45, 7) is 7.96. The third-order valence-electron chi connectivity index (χ3n) is 3.67. The van der Waals surface area contributed by atoms with Crippen LogP contribution in [0.3, 0.4) is 0 Å². The first-order valence-electron chi connectivity index (χ1n) is 6.35. The second-order valence-corrected chi connectivity index (χ2v) is 5.46. The molecule has 0 heterocycles. The summed E-state index contributed by atoms with van der Waals surface area (Å²) in [4.78, 5) is 11.6. The number of carbonyl (C=O) groups is 1. The lowest BCUT2D eigenvalue weighted by molar-refractivity contribution is -0.147. The maximum Gasteiger partial charge on any atom is 0.356 e. The Balaban J connectivity index is 2.67. The summed E-state index contributed by atoms with van der Waals surface area (Å²) >= 11 is 0. The minimum absolute atomic E-state index is 0.0192. The maximum atomic E-state index is 11.6. The van der Waals surface area contributed by atoms with Crippen molar-refractivity contribution in [2.45, 2.75) is 53.1 Å². The van der Waals surface area contributed by atoms with Crippen LogP contribution in [0, 0.1) is 17.8 Å². The molecular weight excluding hydrogens is 218 g/mol. The van der Waals surface area contributed by atoms with E-state index >= 15 is 0 Å². The number of oxime groups is 1. The van der Waals surface area contributed by atoms with Crippen LogP contribution >= 0.6 is 0 Å². The van der Waals surface area contributed by atoms with Crippen molar-refractivity contribution in [2.75, 3.05) is 0 Å². The lowest BCUT2D eigenvalue weighted by atomic mass is 9.75. The Kier molecular flexibility index (Phi) is 4.97. The normalized spacial score (nSPS) is 30.4. The fraction of sp³-hybridized carbons (Fsp3) is 0.846. The van der Waals surface area contributed by atoms with Crippen molar-refractivity contribution in [3.63, 3.8) is 0 Å². The summed E-state index contributed by atoms with van der Waals surface area (Å²) in [7, 11) is 0. The van der Waals surface area contributed by atoms with Gasteiger partial charge in [0, 0.05) is 0 Å². The first-order chi connectivity index (χ1) is 7.95. The SMILES string of the molecule is CC(=NO)C(=O)OC1CC(C)CCC1C(C)C. The van der Waals surface area contributed by atoms with Crippen LogP contribution in [0.1, 0.15) is 47.0 Å². The third-order valence-corrected chi connectivity index (χ3v) is 3.67. The molecule has 0 aliphatic heterocycles. The molecule has 1 rings (SSSR count). The number of ether oxygens (including phenoxy) is 1. The monoisotopic (exact) mass is 241 g/mol. The molecule has 98 valence electrons. The van der Waals surface area contributed by atoms with E-state index < -0.39 is 5.97 Å². The van der Waals surface area contributed by atoms with Gasteiger partial charge in [-0.05, 0) is 37.5 Å². The molecule has 17 heavy (non-hydrogen) atoms. The first kappa shape index (κ1) is 14.0. The van der Waals surface area contributed by atoms with Gasteiger partial charge in [-0.3, -0.25) is 0 Å². The minimum Gasteiger partial charge on any atom is -0.458 e. The van der Waals surface area contributed by atoms with Crippen LogP contribution in [0.2, 0.25) is 0 Å². The largest absolute Gasteiger partial charge is 0.458 e. The Morgan fingerprint density at radius 2 is 2.06 bits per heavy atom. The van der Waals surface area contributed by atoms with Crippen LogP contribution in [0.4, 0.5) is 0 Å². The van der Waals surface area contributed by atoms with Gasteiger partial charge in [-0.2, -0.15) is 0 Å². The van der Waals surface area contributed by atoms with Crippen LogP contribution in [0.15, 0.2) is 5.16 Å². The highest BCUT2D eigenvalue weighted by molar-refractivity contribution is 6.35. The molecule has 0 amide bonds. The minimum atomic E-state index is -0.503. The first-order valence-corrected chi connectivity index (χ1v) is 6.35. The third kappa shape index (κ3) is 3.72. The lowest BCUT2D eigenvalue weighted by Crippen LogP contribution is -2.37. The van der Waals surface area contributed by atoms with E-state index in [1.807, 2.05) is 0 Å². The zero-order valence-corrected chi connectivity index (χ0v) is 11.1. The molecule has 0 spiro atoms. The van der Waals surface area contributed by atoms with Crippen LogP contribution in [0.5, 0.6) is 0 Å². The fourth-order valence-corrected chi connectivity index (χ4v) is 2.51. The summed E-state index contributed by atoms with van der Waals surface area (Å²) in [5, 5.41) is 11.4. The van der Waals surface area contributed by atoms with E-state index in [1.54, 1.807) is 0 Å². The molecular formula is C13H23NO3. The van der Waals surface area contributed by atoms with Crippen molar-refractivity contribution in [2.24, 2.45) is 22.9 Å². The van der Waals surface area contributed by atoms with E-state index in [9.17, 15) is 4.79 Å². The van der Waals surface area contributed by atoms with Gasteiger partial charge in [0.05, 0.1) is 0 Å². The molecule has 1 fully saturated rings. The summed E-state index contributed by atoms with van der Waals surface area (Å²) in [6.07, 6.45) is 3.17. The van der Waals surface area contributed by atoms with E-state index in [-0.39, 0.29) is 11.8 Å². The van der Waals surface area contributed by atoms with Gasteiger partial charge in [0.2, 0.25) is 0 Å². The molecule has 0 saturated heterocycles. The zero-order valence-electron chi connectivity index (χ0n) is 11.1. The van der Waals surface area contributed by atoms with Gasteiger partial charge in [-0.15, -0.1) is 0 Å². The fourth-order valence-electron chi connectivity index (χ4n) is 2.51. The topological polar surface area (TPSA) is 58.9 Å². The standard InChI is InChI=1S/C13H23NO3/c1-8(2)11-6-5-9(3)7-12(11)17-13(15)10(4)14-16/h8-9,11-12,16H,5-7H2,1-4H3. The summed E-state index contributed by atoms with van der Waals surface area (Å²) in [5.41, 5.74) is 0.0192. The van der Waals surface area contributed by atoms with E-state index in [0.717, 1.165) is 12.8 Å². The van der Waals surface area contributed by atoms with Gasteiger partial charge in [-0.25, -0.2) is 4.79 Å². The molecule has 4 nitrogen and oxygen atoms in total. The van der Waals surface area contributed by atoms with Crippen LogP contribution < -0.4 is 0 Å². The van der Waals surface area contributed by atoms with Gasteiger partial charge < -0.3 is 9.94 Å². The molecule has 0 aromatic heterocycles. The Morgan fingerprint density at radius 3 is 2.59 bits per heavy atom. The van der Waals surface area contributed by atoms with Gasteiger partial charge in [0.15, 0.2) is 5.71 Å². The Bertz CT molecular complexity index is 299. The Morgan fingerprint density at radius 1 is 1.41 bits per heavy atom. The number of nitrogens with zero attached hydrogens (tertiary/aromatic N) is 1. The van der Waals surface area contributed by atoms with E-state index in [1.165, 1.54) is 13.3 Å². The smallest absolute Gasteiger partial charge is 0.356 e. The molecule has 4 heteroatoms. The molecule has 1 N–H and O–H groups in total. The summed E-state index contributed by atoms with van der Waals surface area (Å²) < 4.78 is 5.46. The van der Waals surface area contributed by atoms with Gasteiger partial charge in [0.25, 0.3) is 0 Å². The molecule has 1 aliphatic rings. The van der Waals surface area contributed by atoms with Crippen molar-refractivity contribution >= 4 is 11.7 Å². The lowest BCUT2D eigenvalue weighted by Gasteiger charge is -2.36. The highest BCUT2D eigenvalue weighted by Gasteiger charge is 2.33. The molecule has 0 radical (unpaired) electrons. The van der Waals surface area contributed by atoms with Gasteiger partial charge in [0.1, 0.15) is 6.10 Å². The predicted molar refractivity (Wildman–Crippen MR) is 66.1 cm³/mol. The number of carbonyl (C=O) groups excluding carboxylic acids is 1. The van der Waals surface area contributed by atoms with Crippen molar-refractivity contribution in [3.05, 3.63) is 0 Å². The summed E-state index contributed by atoms with van der Waals surface area (Å²) in [6, 6.07) is 0. The number of rotatable bonds is 3. The molecule has 0 bridgehead atoms. The van der Waals surface area contributed by atoms with Gasteiger partial charge >= 0.3 is 5.97 Å². The molecule has 0 aromatic carbocycles. The highest BCUT2D eigenvalue weighted by Crippen LogP contribution is 2.35. The van der Waals surface area contributed by atoms with Crippen LogP contribution in [-0.4, -0.2) is 23.0 Å². The Labute approximate surface area is 103 Å². The highest BCUT2D eigenvalue weighted by atomic mass is 16.5. The van der Waals surface area contributed by atoms with Crippen molar-refractivity contribution in [3.8, 4) is 0 Å². The second kappa shape index (κ2) is 6.03. The van der Waals surface area contributed by atoms with Gasteiger partial charge in [-0.1, -0.05) is 32.3 Å². The predicted octanol–water partition coefficient (Wildman–Crippen LogP) is 2.84. The van der Waals surface area contributed by atoms with Crippen molar-refractivity contribution in [1.82, 2.24) is 0 Å². The van der Waals surface area contributed by atoms with Crippen LogP contribution in [-0.2, 0) is 9.53 Å². The van der Waals surface area contributed by atoms with E-state index in [2.05, 4.69) is 25.9 Å². The maximum absolute atomic E-state index is 11.6. The average Bonchev–Trinajstić information content (AvgIpc) is 2.27. The van der Waals surface area contributed by atoms with Crippen molar-refractivity contribution in [1.29, 1.82) is 0 Å². The average molecular weight is 241 g/mol. The zero-order chi connectivity index (χ0) is 13.0. The quantitative estimate of drug-likeness (QED) is 0.358. The van der Waals surface area contributed by atoms with Crippen molar-refractivity contribution < 1.29 is 14.7 Å². The summed E-state index contributed by atoms with van der Waals surface area (Å²) in [5.74, 6) is 1.01. The Hall–Kier alpha value is -1.06. The molecule has 1 saturated carbocycles. The van der Waals surface area contributed by atoms with E-state index in [0.29, 0.717) is 17.8 Å². The number of hydrogen-bond donors (Lipinski definition) is 1. The molecule has 3 unspecified atom stereocenters. The van der Waals surface area contributed by atoms with Crippen LogP contribution in [0.25, 0.3) is 0 Å². The molecule has 3 atom stereocenters. The molecule has 1 aliphatic carbocycles. The number of esters is 1.